The van der Waals surface area contributed by atoms with Crippen LogP contribution in [0.3, 0.4) is 0 Å². The van der Waals surface area contributed by atoms with E-state index in [0.717, 1.165) is 29.9 Å². The van der Waals surface area contributed by atoms with Crippen LogP contribution >= 0.6 is 11.5 Å². The van der Waals surface area contributed by atoms with E-state index in [4.69, 9.17) is 0 Å². The van der Waals surface area contributed by atoms with Crippen molar-refractivity contribution in [1.29, 1.82) is 0 Å². The van der Waals surface area contributed by atoms with Crippen molar-refractivity contribution >= 4 is 26.7 Å². The summed E-state index contributed by atoms with van der Waals surface area (Å²) < 4.78 is 84.2. The Morgan fingerprint density at radius 3 is 2.39 bits per heavy atom. The molecule has 0 radical (unpaired) electrons. The van der Waals surface area contributed by atoms with Gasteiger partial charge in [-0.25, -0.2) is 31.0 Å². The summed E-state index contributed by atoms with van der Waals surface area (Å²) in [7, 11) is -3.91. The third-order valence-electron chi connectivity index (χ3n) is 6.87. The maximum atomic E-state index is 13.7. The van der Waals surface area contributed by atoms with Gasteiger partial charge in [0.05, 0.1) is 4.90 Å². The summed E-state index contributed by atoms with van der Waals surface area (Å²) in [6.45, 7) is 2.11. The molecule has 2 aliphatic heterocycles. The standard InChI is InChI=1S/C24H24F4N4O2S2/c25-18-6-4-16(5-7-18)12-20-29-23(35-30-20)31-14-24(15-31)8-10-32(11-9-24)36(33,34)19-3-1-2-17(13-19)21(26)22(27)28/h1-7,13,21-22H,8-12,14-15H2. The molecule has 3 aromatic rings. The van der Waals surface area contributed by atoms with Crippen LogP contribution in [0.4, 0.5) is 22.7 Å². The molecular formula is C24H24F4N4O2S2. The minimum absolute atomic E-state index is 0.0175. The van der Waals surface area contributed by atoms with Gasteiger partial charge in [0.1, 0.15) is 11.6 Å². The van der Waals surface area contributed by atoms with E-state index in [2.05, 4.69) is 14.3 Å². The lowest BCUT2D eigenvalue weighted by atomic mass is 9.73. The van der Waals surface area contributed by atoms with Gasteiger partial charge in [0, 0.05) is 49.5 Å². The Morgan fingerprint density at radius 2 is 1.72 bits per heavy atom. The Bertz CT molecular complexity index is 1320. The number of nitrogens with zero attached hydrogens (tertiary/aromatic N) is 4. The van der Waals surface area contributed by atoms with E-state index in [-0.39, 0.29) is 21.7 Å². The molecule has 2 saturated heterocycles. The van der Waals surface area contributed by atoms with Crippen LogP contribution in [0.25, 0.3) is 0 Å². The Balaban J connectivity index is 1.18. The van der Waals surface area contributed by atoms with Gasteiger partial charge in [0.25, 0.3) is 6.43 Å². The molecule has 192 valence electrons. The molecule has 0 bridgehead atoms. The first-order valence-electron chi connectivity index (χ1n) is 11.5. The average molecular weight is 541 g/mol. The molecule has 0 aliphatic carbocycles. The molecule has 1 spiro atoms. The topological polar surface area (TPSA) is 66.4 Å². The van der Waals surface area contributed by atoms with Crippen LogP contribution in [0, 0.1) is 11.2 Å². The highest BCUT2D eigenvalue weighted by atomic mass is 32.2. The van der Waals surface area contributed by atoms with Crippen LogP contribution in [0.1, 0.15) is 36.0 Å². The lowest BCUT2D eigenvalue weighted by Crippen LogP contribution is -2.61. The second kappa shape index (κ2) is 9.71. The van der Waals surface area contributed by atoms with Crippen LogP contribution in [-0.2, 0) is 16.4 Å². The molecule has 2 aromatic carbocycles. The zero-order chi connectivity index (χ0) is 25.5. The van der Waals surface area contributed by atoms with Gasteiger partial charge in [-0.15, -0.1) is 0 Å². The van der Waals surface area contributed by atoms with E-state index in [1.807, 2.05) is 0 Å². The zero-order valence-corrected chi connectivity index (χ0v) is 20.8. The molecule has 0 N–H and O–H groups in total. The molecule has 1 aromatic heterocycles. The molecule has 12 heteroatoms. The number of hydrogen-bond donors (Lipinski definition) is 0. The number of halogens is 4. The van der Waals surface area contributed by atoms with E-state index < -0.39 is 22.6 Å². The van der Waals surface area contributed by atoms with Crippen molar-refractivity contribution in [3.8, 4) is 0 Å². The van der Waals surface area contributed by atoms with Crippen molar-refractivity contribution in [2.24, 2.45) is 5.41 Å². The highest BCUT2D eigenvalue weighted by Gasteiger charge is 2.47. The Morgan fingerprint density at radius 1 is 1.03 bits per heavy atom. The molecule has 2 fully saturated rings. The highest BCUT2D eigenvalue weighted by molar-refractivity contribution is 7.89. The number of benzene rings is 2. The maximum absolute atomic E-state index is 13.7. The molecule has 1 unspecified atom stereocenters. The van der Waals surface area contributed by atoms with Gasteiger partial charge in [0.2, 0.25) is 15.2 Å². The highest BCUT2D eigenvalue weighted by Crippen LogP contribution is 2.44. The van der Waals surface area contributed by atoms with E-state index >= 15 is 0 Å². The first kappa shape index (κ1) is 25.1. The minimum Gasteiger partial charge on any atom is -0.346 e. The SMILES string of the molecule is O=S(=O)(c1cccc(C(F)C(F)F)c1)N1CCC2(CC1)CN(c1nc(Cc3ccc(F)cc3)ns1)C2. The zero-order valence-electron chi connectivity index (χ0n) is 19.2. The second-order valence-corrected chi connectivity index (χ2v) is 12.0. The molecular weight excluding hydrogens is 516 g/mol. The van der Waals surface area contributed by atoms with Gasteiger partial charge in [-0.1, -0.05) is 24.3 Å². The number of aromatic nitrogens is 2. The Hall–Kier alpha value is -2.57. The normalized spacial score (nSPS) is 19.0. The summed E-state index contributed by atoms with van der Waals surface area (Å²) in [5, 5.41) is 0.810. The predicted molar refractivity (Wildman–Crippen MR) is 128 cm³/mol. The number of sulfonamides is 1. The third-order valence-corrected chi connectivity index (χ3v) is 9.58. The van der Waals surface area contributed by atoms with Crippen LogP contribution in [0.5, 0.6) is 0 Å². The lowest BCUT2D eigenvalue weighted by molar-refractivity contribution is 0.0494. The summed E-state index contributed by atoms with van der Waals surface area (Å²) in [6.07, 6.45) is -3.91. The lowest BCUT2D eigenvalue weighted by Gasteiger charge is -2.53. The molecule has 6 nitrogen and oxygen atoms in total. The fraction of sp³-hybridized carbons (Fsp3) is 0.417. The predicted octanol–water partition coefficient (Wildman–Crippen LogP) is 4.83. The van der Waals surface area contributed by atoms with E-state index in [0.29, 0.717) is 38.2 Å². The Kier molecular flexibility index (Phi) is 6.77. The van der Waals surface area contributed by atoms with Crippen LogP contribution < -0.4 is 4.90 Å². The molecule has 5 rings (SSSR count). The minimum atomic E-state index is -3.91. The van der Waals surface area contributed by atoms with E-state index in [1.165, 1.54) is 46.2 Å². The summed E-state index contributed by atoms with van der Waals surface area (Å²) in [4.78, 5) is 6.57. The van der Waals surface area contributed by atoms with Crippen molar-refractivity contribution in [2.45, 2.75) is 36.8 Å². The van der Waals surface area contributed by atoms with Gasteiger partial charge in [-0.05, 0) is 48.2 Å². The molecule has 2 aliphatic rings. The molecule has 3 heterocycles. The average Bonchev–Trinajstić information content (AvgIpc) is 3.31. The first-order chi connectivity index (χ1) is 17.1. The number of hydrogen-bond acceptors (Lipinski definition) is 6. The fourth-order valence-corrected chi connectivity index (χ4v) is 6.97. The molecule has 0 saturated carbocycles. The van der Waals surface area contributed by atoms with E-state index in [9.17, 15) is 26.0 Å². The fourth-order valence-electron chi connectivity index (χ4n) is 4.79. The molecule has 1 atom stereocenters. The summed E-state index contributed by atoms with van der Waals surface area (Å²) in [6, 6.07) is 11.0. The van der Waals surface area contributed by atoms with Crippen molar-refractivity contribution in [3.05, 3.63) is 71.3 Å². The van der Waals surface area contributed by atoms with Crippen molar-refractivity contribution in [2.75, 3.05) is 31.1 Å². The van der Waals surface area contributed by atoms with Gasteiger partial charge in [0.15, 0.2) is 6.17 Å². The van der Waals surface area contributed by atoms with Crippen molar-refractivity contribution < 1.29 is 26.0 Å². The smallest absolute Gasteiger partial charge is 0.273 e. The van der Waals surface area contributed by atoms with Gasteiger partial charge in [-0.2, -0.15) is 8.68 Å². The quantitative estimate of drug-likeness (QED) is 0.402. The number of alkyl halides is 3. The van der Waals surface area contributed by atoms with Gasteiger partial charge in [-0.3, -0.25) is 0 Å². The number of rotatable bonds is 7. The van der Waals surface area contributed by atoms with Gasteiger partial charge >= 0.3 is 0 Å². The van der Waals surface area contributed by atoms with Crippen LogP contribution in [-0.4, -0.2) is 54.7 Å². The summed E-state index contributed by atoms with van der Waals surface area (Å²) in [5.41, 5.74) is 0.567. The van der Waals surface area contributed by atoms with Crippen LogP contribution in [0.15, 0.2) is 53.4 Å². The Labute approximate surface area is 210 Å². The second-order valence-electron chi connectivity index (χ2n) is 9.37. The number of anilines is 1. The monoisotopic (exact) mass is 540 g/mol. The van der Waals surface area contributed by atoms with Crippen molar-refractivity contribution in [1.82, 2.24) is 13.7 Å². The third kappa shape index (κ3) is 4.98. The first-order valence-corrected chi connectivity index (χ1v) is 13.7. The molecule has 36 heavy (non-hydrogen) atoms. The summed E-state index contributed by atoms with van der Waals surface area (Å²) in [5.74, 6) is 0.386. The van der Waals surface area contributed by atoms with Crippen molar-refractivity contribution in [3.63, 3.8) is 0 Å². The van der Waals surface area contributed by atoms with E-state index in [1.54, 1.807) is 12.1 Å². The van der Waals surface area contributed by atoms with Crippen LogP contribution in [0.2, 0.25) is 0 Å². The van der Waals surface area contributed by atoms with Gasteiger partial charge < -0.3 is 4.90 Å². The molecule has 0 amide bonds. The number of piperidine rings is 1. The summed E-state index contributed by atoms with van der Waals surface area (Å²) >= 11 is 1.31. The maximum Gasteiger partial charge on any atom is 0.273 e. The largest absolute Gasteiger partial charge is 0.346 e.